The molecule has 18 heavy (non-hydrogen) atoms. The lowest BCUT2D eigenvalue weighted by Gasteiger charge is -2.25. The topological polar surface area (TPSA) is 37.4 Å². The molecule has 1 unspecified atom stereocenters. The van der Waals surface area contributed by atoms with Crippen molar-refractivity contribution in [3.05, 3.63) is 33.8 Å². The lowest BCUT2D eigenvalue weighted by Crippen LogP contribution is -2.30. The van der Waals surface area contributed by atoms with Gasteiger partial charge >= 0.3 is 0 Å². The number of halogens is 2. The van der Waals surface area contributed by atoms with E-state index in [0.29, 0.717) is 10.0 Å². The fraction of sp³-hybridized carbons (Fsp3) is 0.385. The number of benzene rings is 1. The van der Waals surface area contributed by atoms with Gasteiger partial charge in [0.05, 0.1) is 12.5 Å². The molecule has 0 spiro atoms. The van der Waals surface area contributed by atoms with Crippen molar-refractivity contribution in [2.45, 2.75) is 26.3 Å². The van der Waals surface area contributed by atoms with Crippen molar-refractivity contribution in [2.24, 2.45) is 0 Å². The van der Waals surface area contributed by atoms with E-state index < -0.39 is 0 Å². The van der Waals surface area contributed by atoms with Gasteiger partial charge in [0.15, 0.2) is 0 Å². The summed E-state index contributed by atoms with van der Waals surface area (Å²) in [6.07, 6.45) is -0.0912. The molecule has 1 aromatic rings. The second-order valence-electron chi connectivity index (χ2n) is 4.23. The molecule has 0 saturated carbocycles. The minimum Gasteiger partial charge on any atom is -0.339 e. The molecule has 5 heteroatoms. The zero-order valence-corrected chi connectivity index (χ0v) is 12.0. The van der Waals surface area contributed by atoms with E-state index in [-0.39, 0.29) is 24.2 Å². The maximum absolute atomic E-state index is 11.8. The van der Waals surface area contributed by atoms with Gasteiger partial charge < -0.3 is 4.90 Å². The molecular weight excluding hydrogens is 273 g/mol. The Kier molecular flexibility index (Phi) is 5.17. The van der Waals surface area contributed by atoms with Gasteiger partial charge in [-0.25, -0.2) is 0 Å². The van der Waals surface area contributed by atoms with Gasteiger partial charge in [0, 0.05) is 17.1 Å². The normalized spacial score (nSPS) is 12.1. The van der Waals surface area contributed by atoms with Crippen LogP contribution in [0.5, 0.6) is 0 Å². The molecule has 0 aromatic heterocycles. The smallest absolute Gasteiger partial charge is 0.230 e. The first-order valence-corrected chi connectivity index (χ1v) is 6.28. The van der Waals surface area contributed by atoms with Crippen molar-refractivity contribution < 1.29 is 9.59 Å². The Labute approximate surface area is 117 Å². The molecule has 1 rings (SSSR count). The van der Waals surface area contributed by atoms with Gasteiger partial charge in [-0.05, 0) is 31.5 Å². The van der Waals surface area contributed by atoms with Crippen molar-refractivity contribution in [3.8, 4) is 0 Å². The Bertz CT molecular complexity index is 474. The monoisotopic (exact) mass is 287 g/mol. The largest absolute Gasteiger partial charge is 0.339 e. The highest BCUT2D eigenvalue weighted by molar-refractivity contribution is 6.35. The third-order valence-corrected chi connectivity index (χ3v) is 3.35. The van der Waals surface area contributed by atoms with Crippen LogP contribution >= 0.6 is 23.2 Å². The number of rotatable bonds is 4. The van der Waals surface area contributed by atoms with E-state index in [4.69, 9.17) is 23.2 Å². The molecule has 0 heterocycles. The van der Waals surface area contributed by atoms with Gasteiger partial charge in [-0.15, -0.1) is 0 Å². The molecule has 98 valence electrons. The Morgan fingerprint density at radius 2 is 1.94 bits per heavy atom. The highest BCUT2D eigenvalue weighted by atomic mass is 35.5. The van der Waals surface area contributed by atoms with Crippen LogP contribution in [0.3, 0.4) is 0 Å². The van der Waals surface area contributed by atoms with Crippen molar-refractivity contribution in [3.63, 3.8) is 0 Å². The van der Waals surface area contributed by atoms with E-state index in [1.54, 1.807) is 25.2 Å². The molecule has 1 aromatic carbocycles. The number of amides is 1. The summed E-state index contributed by atoms with van der Waals surface area (Å²) < 4.78 is 0. The SMILES string of the molecule is CC(=O)CC(=O)N(C)C(C)c1ccc(Cl)cc1Cl. The molecular formula is C13H15Cl2NO2. The Morgan fingerprint density at radius 1 is 1.33 bits per heavy atom. The summed E-state index contributed by atoms with van der Waals surface area (Å²) in [6, 6.07) is 4.94. The van der Waals surface area contributed by atoms with Crippen LogP contribution < -0.4 is 0 Å². The predicted molar refractivity (Wildman–Crippen MR) is 72.9 cm³/mol. The van der Waals surface area contributed by atoms with Gasteiger partial charge in [-0.3, -0.25) is 9.59 Å². The first kappa shape index (κ1) is 15.0. The van der Waals surface area contributed by atoms with Crippen LogP contribution in [-0.4, -0.2) is 23.6 Å². The van der Waals surface area contributed by atoms with Crippen LogP contribution in [0.1, 0.15) is 31.9 Å². The van der Waals surface area contributed by atoms with E-state index in [9.17, 15) is 9.59 Å². The van der Waals surface area contributed by atoms with Crippen molar-refractivity contribution in [2.75, 3.05) is 7.05 Å². The summed E-state index contributed by atoms with van der Waals surface area (Å²) in [5.74, 6) is -0.373. The van der Waals surface area contributed by atoms with Crippen LogP contribution in [0.4, 0.5) is 0 Å². The summed E-state index contributed by atoms with van der Waals surface area (Å²) in [4.78, 5) is 24.2. The highest BCUT2D eigenvalue weighted by Gasteiger charge is 2.20. The van der Waals surface area contributed by atoms with E-state index >= 15 is 0 Å². The lowest BCUT2D eigenvalue weighted by molar-refractivity contribution is -0.135. The molecule has 0 fully saturated rings. The van der Waals surface area contributed by atoms with E-state index in [0.717, 1.165) is 5.56 Å². The van der Waals surface area contributed by atoms with Crippen molar-refractivity contribution >= 4 is 34.9 Å². The lowest BCUT2D eigenvalue weighted by atomic mass is 10.1. The minimum atomic E-state index is -0.221. The number of nitrogens with zero attached hydrogens (tertiary/aromatic N) is 1. The molecule has 0 bridgehead atoms. The maximum Gasteiger partial charge on any atom is 0.230 e. The van der Waals surface area contributed by atoms with Crippen molar-refractivity contribution in [1.29, 1.82) is 0 Å². The summed E-state index contributed by atoms with van der Waals surface area (Å²) in [7, 11) is 1.65. The fourth-order valence-corrected chi connectivity index (χ4v) is 2.17. The van der Waals surface area contributed by atoms with Gasteiger partial charge in [0.2, 0.25) is 5.91 Å². The van der Waals surface area contributed by atoms with Crippen LogP contribution in [0.25, 0.3) is 0 Å². The fourth-order valence-electron chi connectivity index (χ4n) is 1.60. The molecule has 0 aliphatic heterocycles. The third-order valence-electron chi connectivity index (χ3n) is 2.79. The number of carbonyl (C=O) groups is 2. The zero-order valence-electron chi connectivity index (χ0n) is 10.5. The van der Waals surface area contributed by atoms with Gasteiger partial charge in [-0.1, -0.05) is 29.3 Å². The summed E-state index contributed by atoms with van der Waals surface area (Å²) in [5.41, 5.74) is 0.806. The Balaban J connectivity index is 2.89. The third kappa shape index (κ3) is 3.72. The molecule has 3 nitrogen and oxygen atoms in total. The number of Topliss-reactive ketones (excluding diaryl/α,β-unsaturated/α-hetero) is 1. The van der Waals surface area contributed by atoms with E-state index in [1.807, 2.05) is 6.92 Å². The van der Waals surface area contributed by atoms with Gasteiger partial charge in [-0.2, -0.15) is 0 Å². The summed E-state index contributed by atoms with van der Waals surface area (Å²) in [6.45, 7) is 3.25. The Hall–Kier alpha value is -1.06. The average Bonchev–Trinajstić information content (AvgIpc) is 2.26. The number of hydrogen-bond acceptors (Lipinski definition) is 2. The van der Waals surface area contributed by atoms with Crippen LogP contribution in [-0.2, 0) is 9.59 Å². The summed E-state index contributed by atoms with van der Waals surface area (Å²) in [5, 5.41) is 1.06. The molecule has 0 aliphatic rings. The van der Waals surface area contributed by atoms with Crippen molar-refractivity contribution in [1.82, 2.24) is 4.90 Å². The maximum atomic E-state index is 11.8. The van der Waals surface area contributed by atoms with Crippen LogP contribution in [0.15, 0.2) is 18.2 Å². The highest BCUT2D eigenvalue weighted by Crippen LogP contribution is 2.29. The zero-order chi connectivity index (χ0) is 13.9. The predicted octanol–water partition coefficient (Wildman–Crippen LogP) is 3.49. The van der Waals surface area contributed by atoms with E-state index in [1.165, 1.54) is 11.8 Å². The number of hydrogen-bond donors (Lipinski definition) is 0. The molecule has 0 N–H and O–H groups in total. The number of ketones is 1. The van der Waals surface area contributed by atoms with E-state index in [2.05, 4.69) is 0 Å². The summed E-state index contributed by atoms with van der Waals surface area (Å²) >= 11 is 11.9. The number of carbonyl (C=O) groups excluding carboxylic acids is 2. The first-order valence-electron chi connectivity index (χ1n) is 5.53. The second-order valence-corrected chi connectivity index (χ2v) is 5.07. The molecule has 1 amide bonds. The van der Waals surface area contributed by atoms with Crippen LogP contribution in [0, 0.1) is 0 Å². The first-order chi connectivity index (χ1) is 8.32. The van der Waals surface area contributed by atoms with Gasteiger partial charge in [0.1, 0.15) is 5.78 Å². The standard InChI is InChI=1S/C13H15Cl2NO2/c1-8(17)6-13(18)16(3)9(2)11-5-4-10(14)7-12(11)15/h4-5,7,9H,6H2,1-3H3. The Morgan fingerprint density at radius 3 is 2.44 bits per heavy atom. The van der Waals surface area contributed by atoms with Gasteiger partial charge in [0.25, 0.3) is 0 Å². The minimum absolute atomic E-state index is 0.0912. The molecule has 0 radical (unpaired) electrons. The quantitative estimate of drug-likeness (QED) is 0.795. The molecule has 0 aliphatic carbocycles. The van der Waals surface area contributed by atoms with Crippen LogP contribution in [0.2, 0.25) is 10.0 Å². The second kappa shape index (κ2) is 6.21. The molecule has 0 saturated heterocycles. The average molecular weight is 288 g/mol. The molecule has 1 atom stereocenters.